The summed E-state index contributed by atoms with van der Waals surface area (Å²) in [4.78, 5) is 42.6. The summed E-state index contributed by atoms with van der Waals surface area (Å²) in [6, 6.07) is 0. The molecule has 0 heterocycles. The number of carbonyl (C=O) groups is 2. The molecule has 9 nitrogen and oxygen atoms in total. The lowest BCUT2D eigenvalue weighted by atomic mass is 10.0. The number of carbonyl (C=O) groups excluding carboxylic acids is 2. The third kappa shape index (κ3) is 35.1. The SMILES string of the molecule is CCCC[C@@H](O)/C=C\C/C=C\C/C=C\C/C=C\CCCC(=O)O[C@H](COC(=O)CCCCCCCCCCC(C)C)COP(=O)(O)O. The molecule has 0 rings (SSSR count). The molecule has 0 radical (unpaired) electrons. The summed E-state index contributed by atoms with van der Waals surface area (Å²) in [6.07, 6.45) is 31.9. The molecule has 0 aromatic carbocycles. The van der Waals surface area contributed by atoms with Crippen molar-refractivity contribution in [1.82, 2.24) is 0 Å². The summed E-state index contributed by atoms with van der Waals surface area (Å²) in [5.74, 6) is -0.213. The van der Waals surface area contributed by atoms with E-state index in [2.05, 4.69) is 49.6 Å². The molecule has 0 spiro atoms. The normalized spacial score (nSPS) is 13.9. The van der Waals surface area contributed by atoms with E-state index in [-0.39, 0.29) is 25.6 Å². The van der Waals surface area contributed by atoms with Crippen LogP contribution in [0.15, 0.2) is 48.6 Å². The van der Waals surface area contributed by atoms with Crippen molar-refractivity contribution in [3.63, 3.8) is 0 Å². The molecule has 0 unspecified atom stereocenters. The van der Waals surface area contributed by atoms with Crippen LogP contribution in [0.3, 0.4) is 0 Å². The quantitative estimate of drug-likeness (QED) is 0.0282. The smallest absolute Gasteiger partial charge is 0.462 e. The zero-order valence-electron chi connectivity index (χ0n) is 29.4. The Morgan fingerprint density at radius 1 is 0.681 bits per heavy atom. The van der Waals surface area contributed by atoms with E-state index in [4.69, 9.17) is 19.3 Å². The molecule has 0 bridgehead atoms. The molecule has 10 heteroatoms. The van der Waals surface area contributed by atoms with E-state index in [0.29, 0.717) is 19.3 Å². The van der Waals surface area contributed by atoms with Gasteiger partial charge in [0.15, 0.2) is 6.10 Å². The van der Waals surface area contributed by atoms with Gasteiger partial charge in [-0.05, 0) is 50.9 Å². The van der Waals surface area contributed by atoms with Gasteiger partial charge in [0, 0.05) is 12.8 Å². The molecule has 47 heavy (non-hydrogen) atoms. The molecule has 2 atom stereocenters. The first-order valence-electron chi connectivity index (χ1n) is 17.9. The first kappa shape index (κ1) is 45.0. The number of esters is 2. The highest BCUT2D eigenvalue weighted by Crippen LogP contribution is 2.35. The van der Waals surface area contributed by atoms with Crippen LogP contribution in [0.2, 0.25) is 0 Å². The van der Waals surface area contributed by atoms with Crippen LogP contribution in [-0.2, 0) is 28.2 Å². The maximum atomic E-state index is 12.3. The molecule has 0 aliphatic heterocycles. The molecule has 0 aliphatic carbocycles. The fourth-order valence-corrected chi connectivity index (χ4v) is 4.99. The Kier molecular flexibility index (Phi) is 29.9. The lowest BCUT2D eigenvalue weighted by Crippen LogP contribution is -2.29. The second-order valence-electron chi connectivity index (χ2n) is 12.5. The highest BCUT2D eigenvalue weighted by Gasteiger charge is 2.22. The van der Waals surface area contributed by atoms with Gasteiger partial charge in [0.25, 0.3) is 0 Å². The zero-order chi connectivity index (χ0) is 35.0. The number of rotatable bonds is 31. The van der Waals surface area contributed by atoms with Crippen LogP contribution in [-0.4, -0.2) is 52.3 Å². The van der Waals surface area contributed by atoms with Crippen LogP contribution >= 0.6 is 7.82 Å². The van der Waals surface area contributed by atoms with Crippen LogP contribution in [0, 0.1) is 5.92 Å². The minimum absolute atomic E-state index is 0.118. The molecular weight excluding hydrogens is 619 g/mol. The summed E-state index contributed by atoms with van der Waals surface area (Å²) in [6.45, 7) is 5.73. The summed E-state index contributed by atoms with van der Waals surface area (Å²) >= 11 is 0. The van der Waals surface area contributed by atoms with E-state index in [0.717, 1.165) is 63.7 Å². The van der Waals surface area contributed by atoms with Crippen molar-refractivity contribution in [3.05, 3.63) is 48.6 Å². The molecule has 3 N–H and O–H groups in total. The highest BCUT2D eigenvalue weighted by molar-refractivity contribution is 7.46. The number of aliphatic hydroxyl groups excluding tert-OH is 1. The number of hydrogen-bond acceptors (Lipinski definition) is 7. The van der Waals surface area contributed by atoms with E-state index in [9.17, 15) is 19.3 Å². The lowest BCUT2D eigenvalue weighted by molar-refractivity contribution is -0.161. The Balaban J connectivity index is 4.15. The summed E-state index contributed by atoms with van der Waals surface area (Å²) < 4.78 is 26.2. The maximum absolute atomic E-state index is 12.3. The van der Waals surface area contributed by atoms with Gasteiger partial charge in [-0.15, -0.1) is 0 Å². The van der Waals surface area contributed by atoms with Crippen molar-refractivity contribution in [3.8, 4) is 0 Å². The van der Waals surface area contributed by atoms with Gasteiger partial charge in [-0.3, -0.25) is 14.1 Å². The fourth-order valence-electron chi connectivity index (χ4n) is 4.63. The Labute approximate surface area is 285 Å². The van der Waals surface area contributed by atoms with Crippen molar-refractivity contribution in [2.24, 2.45) is 5.92 Å². The van der Waals surface area contributed by atoms with Gasteiger partial charge in [0.2, 0.25) is 0 Å². The Morgan fingerprint density at radius 3 is 1.83 bits per heavy atom. The van der Waals surface area contributed by atoms with E-state index < -0.39 is 32.5 Å². The number of phosphoric acid groups is 1. The van der Waals surface area contributed by atoms with Gasteiger partial charge in [0.1, 0.15) is 6.61 Å². The monoisotopic (exact) mass is 684 g/mol. The summed E-state index contributed by atoms with van der Waals surface area (Å²) in [5.41, 5.74) is 0. The Morgan fingerprint density at radius 2 is 1.23 bits per heavy atom. The largest absolute Gasteiger partial charge is 0.469 e. The van der Waals surface area contributed by atoms with E-state index in [1.54, 1.807) is 0 Å². The molecule has 0 amide bonds. The van der Waals surface area contributed by atoms with E-state index in [1.807, 2.05) is 24.3 Å². The minimum atomic E-state index is -4.77. The Bertz CT molecular complexity index is 936. The van der Waals surface area contributed by atoms with Gasteiger partial charge in [-0.2, -0.15) is 0 Å². The van der Waals surface area contributed by atoms with Crippen LogP contribution in [0.4, 0.5) is 0 Å². The molecule has 0 aliphatic rings. The molecule has 0 aromatic heterocycles. The third-order valence-corrected chi connectivity index (χ3v) is 7.83. The first-order valence-corrected chi connectivity index (χ1v) is 19.4. The van der Waals surface area contributed by atoms with Crippen molar-refractivity contribution in [1.29, 1.82) is 0 Å². The fraction of sp³-hybridized carbons (Fsp3) is 0.730. The Hall–Kier alpha value is -2.03. The van der Waals surface area contributed by atoms with Gasteiger partial charge in [-0.25, -0.2) is 4.57 Å². The van der Waals surface area contributed by atoms with Crippen molar-refractivity contribution in [2.45, 2.75) is 155 Å². The van der Waals surface area contributed by atoms with Crippen molar-refractivity contribution >= 4 is 19.8 Å². The maximum Gasteiger partial charge on any atom is 0.469 e. The number of allylic oxidation sites excluding steroid dienone is 7. The van der Waals surface area contributed by atoms with Gasteiger partial charge in [-0.1, -0.05) is 134 Å². The number of unbranched alkanes of at least 4 members (excludes halogenated alkanes) is 9. The van der Waals surface area contributed by atoms with E-state index in [1.165, 1.54) is 32.1 Å². The topological polar surface area (TPSA) is 140 Å². The van der Waals surface area contributed by atoms with Crippen LogP contribution in [0.1, 0.15) is 143 Å². The van der Waals surface area contributed by atoms with Crippen molar-refractivity contribution < 1.29 is 43.0 Å². The molecule has 0 saturated heterocycles. The molecule has 0 fully saturated rings. The number of phosphoric ester groups is 1. The number of ether oxygens (including phenoxy) is 2. The van der Waals surface area contributed by atoms with Gasteiger partial charge >= 0.3 is 19.8 Å². The minimum Gasteiger partial charge on any atom is -0.462 e. The summed E-state index contributed by atoms with van der Waals surface area (Å²) in [5, 5.41) is 9.77. The number of aliphatic hydroxyl groups is 1. The predicted molar refractivity (Wildman–Crippen MR) is 190 cm³/mol. The van der Waals surface area contributed by atoms with Crippen LogP contribution in [0.25, 0.3) is 0 Å². The molecular formula is C37H65O9P. The lowest BCUT2D eigenvalue weighted by Gasteiger charge is -2.18. The van der Waals surface area contributed by atoms with Gasteiger partial charge in [0.05, 0.1) is 12.7 Å². The third-order valence-electron chi connectivity index (χ3n) is 7.35. The average Bonchev–Trinajstić information content (AvgIpc) is 3.01. The molecule has 0 saturated carbocycles. The van der Waals surface area contributed by atoms with Gasteiger partial charge < -0.3 is 24.4 Å². The first-order chi connectivity index (χ1) is 22.5. The number of hydrogen-bond donors (Lipinski definition) is 3. The molecule has 272 valence electrons. The predicted octanol–water partition coefficient (Wildman–Crippen LogP) is 9.22. The van der Waals surface area contributed by atoms with Crippen molar-refractivity contribution in [2.75, 3.05) is 13.2 Å². The van der Waals surface area contributed by atoms with Crippen LogP contribution < -0.4 is 0 Å². The second-order valence-corrected chi connectivity index (χ2v) is 13.7. The van der Waals surface area contributed by atoms with E-state index >= 15 is 0 Å². The highest BCUT2D eigenvalue weighted by atomic mass is 31.2. The molecule has 0 aromatic rings. The summed E-state index contributed by atoms with van der Waals surface area (Å²) in [7, 11) is -4.77. The standard InChI is InChI=1S/C37H65O9P/c1-4-5-27-34(38)28-23-19-15-10-8-6-7-9-11-17-21-25-30-37(40)46-35(32-45-47(41,42)43)31-44-36(39)29-24-20-16-13-12-14-18-22-26-33(2)3/h6-7,10-11,15,17,23,28,33-35,38H,4-5,8-9,12-14,16,18-22,24-27,29-32H2,1-3H3,(H2,41,42,43)/b7-6-,15-10-,17-11-,28-23-/t34-,35-/m1/s1. The van der Waals surface area contributed by atoms with Crippen LogP contribution in [0.5, 0.6) is 0 Å². The average molecular weight is 685 g/mol. The zero-order valence-corrected chi connectivity index (χ0v) is 30.3. The second kappa shape index (κ2) is 31.3.